The summed E-state index contributed by atoms with van der Waals surface area (Å²) in [6, 6.07) is -0.933. The molecule has 168 valence electrons. The van der Waals surface area contributed by atoms with Crippen molar-refractivity contribution in [2.45, 2.75) is 15.8 Å². The molecular formula is C15H14N8O5S4. The Morgan fingerprint density at radius 1 is 1.50 bits per heavy atom. The number of β-lactam (4-membered cyclic amide) rings is 1. The molecule has 17 heteroatoms. The van der Waals surface area contributed by atoms with E-state index in [0.29, 0.717) is 21.4 Å². The Balaban J connectivity index is 1.49. The highest BCUT2D eigenvalue weighted by Crippen LogP contribution is 2.41. The van der Waals surface area contributed by atoms with Gasteiger partial charge in [-0.25, -0.2) is 4.79 Å². The van der Waals surface area contributed by atoms with Crippen molar-refractivity contribution < 1.29 is 24.3 Å². The molecule has 0 aromatic carbocycles. The van der Waals surface area contributed by atoms with Crippen LogP contribution in [0.1, 0.15) is 5.82 Å². The van der Waals surface area contributed by atoms with Crippen molar-refractivity contribution in [3.63, 3.8) is 0 Å². The number of nitrogens with two attached hydrogens (primary N) is 1. The molecule has 1 fully saturated rings. The lowest BCUT2D eigenvalue weighted by atomic mass is 10.0. The number of carbonyl (C=O) groups is 3. The number of carboxylic acid groups (broad SMARTS) is 1. The highest BCUT2D eigenvalue weighted by molar-refractivity contribution is 8.01. The molecule has 0 bridgehead atoms. The van der Waals surface area contributed by atoms with Gasteiger partial charge in [0.15, 0.2) is 9.47 Å². The summed E-state index contributed by atoms with van der Waals surface area (Å²) in [7, 11) is 1.25. The summed E-state index contributed by atoms with van der Waals surface area (Å²) in [6.45, 7) is 0. The van der Waals surface area contributed by atoms with E-state index in [9.17, 15) is 19.5 Å². The number of oxime groups is 1. The predicted molar refractivity (Wildman–Crippen MR) is 118 cm³/mol. The number of nitrogens with one attached hydrogen (secondary N) is 1. The molecule has 13 nitrogen and oxygen atoms in total. The minimum Gasteiger partial charge on any atom is -0.477 e. The second-order valence-electron chi connectivity index (χ2n) is 6.19. The first-order valence-corrected chi connectivity index (χ1v) is 12.4. The van der Waals surface area contributed by atoms with Gasteiger partial charge < -0.3 is 21.0 Å². The number of anilines is 1. The van der Waals surface area contributed by atoms with Crippen LogP contribution in [-0.4, -0.2) is 83.1 Å². The molecular weight excluding hydrogens is 500 g/mol. The van der Waals surface area contributed by atoms with Crippen LogP contribution in [0.2, 0.25) is 0 Å². The number of thioether (sulfide) groups is 2. The number of fused-ring (bicyclic) bond motifs is 1. The molecule has 0 aliphatic carbocycles. The van der Waals surface area contributed by atoms with Crippen LogP contribution in [0.5, 0.6) is 0 Å². The van der Waals surface area contributed by atoms with Gasteiger partial charge in [-0.2, -0.15) is 9.36 Å². The molecule has 2 amide bonds. The van der Waals surface area contributed by atoms with Crippen LogP contribution in [0, 0.1) is 0 Å². The van der Waals surface area contributed by atoms with E-state index in [4.69, 9.17) is 5.73 Å². The minimum absolute atomic E-state index is 0.0334. The molecule has 2 aliphatic heterocycles. The third-order valence-electron chi connectivity index (χ3n) is 4.30. The topological polar surface area (TPSA) is 186 Å². The fourth-order valence-electron chi connectivity index (χ4n) is 2.99. The first-order chi connectivity index (χ1) is 15.4. The Labute approximate surface area is 196 Å². The van der Waals surface area contributed by atoms with Gasteiger partial charge in [-0.1, -0.05) is 28.3 Å². The molecule has 4 heterocycles. The third kappa shape index (κ3) is 4.27. The van der Waals surface area contributed by atoms with E-state index in [1.165, 1.54) is 46.9 Å². The van der Waals surface area contributed by atoms with Crippen LogP contribution in [0.4, 0.5) is 5.13 Å². The largest absolute Gasteiger partial charge is 0.477 e. The van der Waals surface area contributed by atoms with Crippen LogP contribution in [0.25, 0.3) is 0 Å². The van der Waals surface area contributed by atoms with Crippen molar-refractivity contribution in [1.82, 2.24) is 29.8 Å². The molecule has 2 atom stereocenters. The number of amides is 2. The molecule has 2 aliphatic rings. The van der Waals surface area contributed by atoms with E-state index in [1.807, 2.05) is 0 Å². The minimum atomic E-state index is -1.20. The molecule has 4 N–H and O–H groups in total. The van der Waals surface area contributed by atoms with Gasteiger partial charge >= 0.3 is 5.97 Å². The summed E-state index contributed by atoms with van der Waals surface area (Å²) in [4.78, 5) is 47.2. The van der Waals surface area contributed by atoms with Gasteiger partial charge in [0.2, 0.25) is 11.5 Å². The average molecular weight is 515 g/mol. The van der Waals surface area contributed by atoms with E-state index in [1.54, 1.807) is 5.51 Å². The maximum Gasteiger partial charge on any atom is 0.352 e. The van der Waals surface area contributed by atoms with E-state index in [2.05, 4.69) is 34.9 Å². The summed E-state index contributed by atoms with van der Waals surface area (Å²) in [5.74, 6) is -1.76. The molecule has 0 radical (unpaired) electrons. The fourth-order valence-corrected chi connectivity index (χ4v) is 6.39. The van der Waals surface area contributed by atoms with E-state index in [0.717, 1.165) is 11.5 Å². The highest BCUT2D eigenvalue weighted by Gasteiger charge is 2.54. The Morgan fingerprint density at radius 2 is 2.31 bits per heavy atom. The number of rotatable bonds is 8. The number of carbonyl (C=O) groups excluding carboxylic acids is 2. The first-order valence-electron chi connectivity index (χ1n) is 8.71. The van der Waals surface area contributed by atoms with Crippen molar-refractivity contribution in [2.75, 3.05) is 24.3 Å². The highest BCUT2D eigenvalue weighted by atomic mass is 32.2. The number of hydrogen-bond donors (Lipinski definition) is 3. The number of hydrogen-bond acceptors (Lipinski definition) is 14. The molecule has 0 saturated carbocycles. The van der Waals surface area contributed by atoms with Crippen LogP contribution < -0.4 is 11.1 Å². The summed E-state index contributed by atoms with van der Waals surface area (Å²) >= 11 is 4.94. The molecule has 2 aromatic rings. The molecule has 1 saturated heterocycles. The van der Waals surface area contributed by atoms with Gasteiger partial charge in [0.1, 0.15) is 29.7 Å². The Kier molecular flexibility index (Phi) is 6.58. The standard InChI is InChI=1S/C15H14N8O5S4/c1-28-21-6(9-19-14(16)32-22-9)10(24)18-7-11(25)23-8(13(26)27)5(2-29-12(7)23)3-30-15-20-17-4-31-15/h4,7,12H,2-3H2,1H3,(H,18,24)(H,26,27)(H2,16,19,22)/t7?,12-/m0/s1. The maximum atomic E-state index is 12.8. The summed E-state index contributed by atoms with van der Waals surface area (Å²) in [6.07, 6.45) is 0. The molecule has 2 aromatic heterocycles. The van der Waals surface area contributed by atoms with E-state index in [-0.39, 0.29) is 22.4 Å². The number of nitrogens with zero attached hydrogens (tertiary/aromatic N) is 6. The normalized spacial score (nSPS) is 20.6. The first kappa shape index (κ1) is 22.4. The zero-order chi connectivity index (χ0) is 22.8. The van der Waals surface area contributed by atoms with Gasteiger partial charge in [-0.3, -0.25) is 14.5 Å². The number of carboxylic acids is 1. The number of aliphatic carboxylic acids is 1. The Morgan fingerprint density at radius 3 is 2.94 bits per heavy atom. The van der Waals surface area contributed by atoms with Crippen molar-refractivity contribution >= 4 is 75.0 Å². The van der Waals surface area contributed by atoms with Gasteiger partial charge in [0, 0.05) is 23.0 Å². The van der Waals surface area contributed by atoms with E-state index < -0.39 is 29.2 Å². The van der Waals surface area contributed by atoms with Crippen molar-refractivity contribution in [1.29, 1.82) is 0 Å². The lowest BCUT2D eigenvalue weighted by molar-refractivity contribution is -0.150. The second-order valence-corrected chi connectivity index (χ2v) is 10.1. The lowest BCUT2D eigenvalue weighted by Crippen LogP contribution is -2.71. The van der Waals surface area contributed by atoms with Crippen molar-refractivity contribution in [3.05, 3.63) is 22.6 Å². The monoisotopic (exact) mass is 514 g/mol. The van der Waals surface area contributed by atoms with Gasteiger partial charge in [-0.15, -0.1) is 22.0 Å². The van der Waals surface area contributed by atoms with E-state index >= 15 is 0 Å². The fraction of sp³-hybridized carbons (Fsp3) is 0.333. The molecule has 32 heavy (non-hydrogen) atoms. The van der Waals surface area contributed by atoms with Crippen molar-refractivity contribution in [2.24, 2.45) is 5.16 Å². The van der Waals surface area contributed by atoms with Gasteiger partial charge in [0.05, 0.1) is 0 Å². The SMILES string of the molecule is CON=C(C(=O)NC1C(=O)N2C(C(=O)O)=C(CSc3nncs3)CS[C@@H]12)c1nsc(N)n1. The van der Waals surface area contributed by atoms with Crippen LogP contribution in [0.15, 0.2) is 26.3 Å². The van der Waals surface area contributed by atoms with Crippen LogP contribution in [0.3, 0.4) is 0 Å². The quantitative estimate of drug-likeness (QED) is 0.183. The average Bonchev–Trinajstić information content (AvgIpc) is 3.45. The number of nitrogen functional groups attached to an aromatic ring is 1. The second kappa shape index (κ2) is 9.39. The predicted octanol–water partition coefficient (Wildman–Crippen LogP) is -0.147. The van der Waals surface area contributed by atoms with Gasteiger partial charge in [0.25, 0.3) is 11.8 Å². The van der Waals surface area contributed by atoms with Crippen LogP contribution in [-0.2, 0) is 19.2 Å². The van der Waals surface area contributed by atoms with Crippen molar-refractivity contribution in [3.8, 4) is 0 Å². The summed E-state index contributed by atoms with van der Waals surface area (Å²) in [5.41, 5.74) is 7.43. The summed E-state index contributed by atoms with van der Waals surface area (Å²) in [5, 5.41) is 23.2. The zero-order valence-corrected chi connectivity index (χ0v) is 19.4. The molecule has 0 spiro atoms. The van der Waals surface area contributed by atoms with Crippen LogP contribution >= 0.6 is 46.4 Å². The number of aromatic nitrogens is 4. The zero-order valence-electron chi connectivity index (χ0n) is 16.1. The Bertz CT molecular complexity index is 1120. The maximum absolute atomic E-state index is 12.8. The molecule has 1 unspecified atom stereocenters. The Hall–Kier alpha value is -2.76. The van der Waals surface area contributed by atoms with Gasteiger partial charge in [-0.05, 0) is 5.57 Å². The lowest BCUT2D eigenvalue weighted by Gasteiger charge is -2.49. The molecule has 4 rings (SSSR count). The summed E-state index contributed by atoms with van der Waals surface area (Å²) < 4.78 is 4.64. The third-order valence-corrected chi connectivity index (χ3v) is 8.13. The smallest absolute Gasteiger partial charge is 0.352 e.